The maximum atomic E-state index is 15.1. The van der Waals surface area contributed by atoms with Crippen LogP contribution >= 0.6 is 11.3 Å². The van der Waals surface area contributed by atoms with Gasteiger partial charge in [0.2, 0.25) is 0 Å². The Morgan fingerprint density at radius 3 is 2.82 bits per heavy atom. The second-order valence-electron chi connectivity index (χ2n) is 8.94. The minimum Gasteiger partial charge on any atom is -0.507 e. The van der Waals surface area contributed by atoms with Crippen LogP contribution in [0, 0.1) is 12.7 Å². The zero-order chi connectivity index (χ0) is 27.1. The van der Waals surface area contributed by atoms with Gasteiger partial charge in [-0.2, -0.15) is 0 Å². The molecule has 2 atom stereocenters. The van der Waals surface area contributed by atoms with Crippen molar-refractivity contribution in [1.29, 1.82) is 0 Å². The Kier molecular flexibility index (Phi) is 6.58. The molecule has 0 radical (unpaired) electrons. The molecule has 2 aliphatic heterocycles. The summed E-state index contributed by atoms with van der Waals surface area (Å²) in [5.41, 5.74) is 1.13. The van der Waals surface area contributed by atoms with Crippen LogP contribution in [-0.2, 0) is 20.7 Å². The third kappa shape index (κ3) is 4.26. The lowest BCUT2D eigenvalue weighted by Crippen LogP contribution is -2.29. The second-order valence-corrected chi connectivity index (χ2v) is 9.92. The van der Waals surface area contributed by atoms with E-state index < -0.39 is 35.3 Å². The number of Topliss-reactive ketones (excluding diaryl/α,β-unsaturated/α-hetero) is 1. The summed E-state index contributed by atoms with van der Waals surface area (Å²) in [5.74, 6) is -3.11. The number of nitrogens with zero attached hydrogens (tertiary/aromatic N) is 2. The van der Waals surface area contributed by atoms with E-state index in [1.807, 2.05) is 6.92 Å². The van der Waals surface area contributed by atoms with Crippen LogP contribution in [0.3, 0.4) is 0 Å². The van der Waals surface area contributed by atoms with E-state index in [1.165, 1.54) is 24.3 Å². The van der Waals surface area contributed by atoms with Gasteiger partial charge in [0, 0.05) is 17.5 Å². The third-order valence-electron chi connectivity index (χ3n) is 6.32. The Labute approximate surface area is 221 Å². The molecule has 1 saturated heterocycles. The van der Waals surface area contributed by atoms with Gasteiger partial charge in [0.05, 0.1) is 11.3 Å². The number of aryl methyl sites for hydroxylation is 1. The van der Waals surface area contributed by atoms with Gasteiger partial charge in [-0.3, -0.25) is 14.5 Å². The summed E-state index contributed by atoms with van der Waals surface area (Å²) in [6, 6.07) is 9.33. The number of rotatable bonds is 6. The number of amides is 1. The SMILES string of the molecule is C=CCOC(=O)c1sc(N2C(=O)C(=O)/C(=C(/O)c3ccc4c(c3)C[C@H](C)O4)[C@@H]2c2ccccc2F)nc1C. The van der Waals surface area contributed by atoms with Gasteiger partial charge in [-0.25, -0.2) is 14.2 Å². The molecule has 194 valence electrons. The summed E-state index contributed by atoms with van der Waals surface area (Å²) in [4.78, 5) is 44.7. The van der Waals surface area contributed by atoms with Gasteiger partial charge in [0.15, 0.2) is 5.13 Å². The van der Waals surface area contributed by atoms with Crippen LogP contribution in [0.4, 0.5) is 9.52 Å². The van der Waals surface area contributed by atoms with Crippen molar-refractivity contribution in [2.45, 2.75) is 32.4 Å². The Hall–Kier alpha value is -4.31. The number of carbonyl (C=O) groups excluding carboxylic acids is 3. The monoisotopic (exact) mass is 534 g/mol. The van der Waals surface area contributed by atoms with E-state index in [0.717, 1.165) is 21.8 Å². The number of thiazole rings is 1. The Balaban J connectivity index is 1.66. The van der Waals surface area contributed by atoms with Crippen molar-refractivity contribution in [3.05, 3.63) is 93.8 Å². The molecule has 0 aliphatic carbocycles. The first-order chi connectivity index (χ1) is 18.2. The average Bonchev–Trinajstić information content (AvgIpc) is 3.54. The normalized spacial score (nSPS) is 19.8. The summed E-state index contributed by atoms with van der Waals surface area (Å²) in [6.07, 6.45) is 1.99. The lowest BCUT2D eigenvalue weighted by Gasteiger charge is -2.23. The lowest BCUT2D eigenvalue weighted by atomic mass is 9.94. The molecular formula is C28H23FN2O6S. The first-order valence-electron chi connectivity index (χ1n) is 11.8. The van der Waals surface area contributed by atoms with E-state index in [-0.39, 0.29) is 39.6 Å². The lowest BCUT2D eigenvalue weighted by molar-refractivity contribution is -0.132. The van der Waals surface area contributed by atoms with E-state index in [0.29, 0.717) is 17.7 Å². The fourth-order valence-electron chi connectivity index (χ4n) is 4.62. The number of ketones is 1. The average molecular weight is 535 g/mol. The number of esters is 1. The quantitative estimate of drug-likeness (QED) is 0.158. The molecule has 0 spiro atoms. The number of carbonyl (C=O) groups is 3. The van der Waals surface area contributed by atoms with Gasteiger partial charge in [-0.05, 0) is 43.7 Å². The van der Waals surface area contributed by atoms with Crippen LogP contribution in [0.5, 0.6) is 5.75 Å². The van der Waals surface area contributed by atoms with E-state index in [4.69, 9.17) is 9.47 Å². The third-order valence-corrected chi connectivity index (χ3v) is 7.46. The number of hydrogen-bond acceptors (Lipinski definition) is 8. The standard InChI is InChI=1S/C28H23FN2O6S/c1-4-11-36-27(35)25-15(3)30-28(38-25)31-22(18-7-5-6-8-19(18)29)21(24(33)26(31)34)23(32)16-9-10-20-17(13-16)12-14(2)37-20/h4-10,13-14,22,32H,1,11-12H2,2-3H3/b23-21+/t14-,22-/m0/s1. The van der Waals surface area contributed by atoms with Gasteiger partial charge < -0.3 is 14.6 Å². The molecule has 38 heavy (non-hydrogen) atoms. The van der Waals surface area contributed by atoms with Crippen molar-refractivity contribution < 1.29 is 33.4 Å². The fourth-order valence-corrected chi connectivity index (χ4v) is 5.61. The number of benzene rings is 2. The Morgan fingerprint density at radius 1 is 1.32 bits per heavy atom. The molecule has 1 N–H and O–H groups in total. The predicted octanol–water partition coefficient (Wildman–Crippen LogP) is 4.88. The first kappa shape index (κ1) is 25.3. The van der Waals surface area contributed by atoms with E-state index in [9.17, 15) is 19.5 Å². The highest BCUT2D eigenvalue weighted by Gasteiger charge is 2.49. The molecule has 1 aromatic heterocycles. The van der Waals surface area contributed by atoms with E-state index >= 15 is 4.39 Å². The van der Waals surface area contributed by atoms with Gasteiger partial charge in [0.1, 0.15) is 41.0 Å². The summed E-state index contributed by atoms with van der Waals surface area (Å²) in [6.45, 7) is 6.97. The van der Waals surface area contributed by atoms with Gasteiger partial charge in [0.25, 0.3) is 5.78 Å². The molecule has 10 heteroatoms. The molecule has 5 rings (SSSR count). The molecule has 1 fully saturated rings. The maximum Gasteiger partial charge on any atom is 0.350 e. The Bertz CT molecular complexity index is 1530. The van der Waals surface area contributed by atoms with Crippen LogP contribution in [0.2, 0.25) is 0 Å². The van der Waals surface area contributed by atoms with Gasteiger partial charge in [-0.15, -0.1) is 0 Å². The number of anilines is 1. The number of aromatic nitrogens is 1. The van der Waals surface area contributed by atoms with Crippen molar-refractivity contribution in [3.63, 3.8) is 0 Å². The molecule has 1 amide bonds. The van der Waals surface area contributed by atoms with Gasteiger partial charge in [-0.1, -0.05) is 42.2 Å². The largest absolute Gasteiger partial charge is 0.507 e. The van der Waals surface area contributed by atoms with Crippen molar-refractivity contribution >= 4 is 39.9 Å². The first-order valence-corrected chi connectivity index (χ1v) is 12.6. The molecular weight excluding hydrogens is 511 g/mol. The minimum absolute atomic E-state index is 0.00126. The number of aliphatic hydroxyl groups excluding tert-OH is 1. The van der Waals surface area contributed by atoms with Crippen LogP contribution in [0.25, 0.3) is 5.76 Å². The number of ether oxygens (including phenoxy) is 2. The van der Waals surface area contributed by atoms with Crippen molar-refractivity contribution in [3.8, 4) is 5.75 Å². The minimum atomic E-state index is -1.32. The molecule has 0 bridgehead atoms. The summed E-state index contributed by atoms with van der Waals surface area (Å²) >= 11 is 0.841. The molecule has 2 aliphatic rings. The summed E-state index contributed by atoms with van der Waals surface area (Å²) < 4.78 is 25.9. The van der Waals surface area contributed by atoms with Gasteiger partial charge >= 0.3 is 11.9 Å². The highest BCUT2D eigenvalue weighted by atomic mass is 32.1. The maximum absolute atomic E-state index is 15.1. The zero-order valence-electron chi connectivity index (χ0n) is 20.6. The van der Waals surface area contributed by atoms with Crippen molar-refractivity contribution in [1.82, 2.24) is 4.98 Å². The molecule has 8 nitrogen and oxygen atoms in total. The van der Waals surface area contributed by atoms with Crippen LogP contribution < -0.4 is 9.64 Å². The topological polar surface area (TPSA) is 106 Å². The fraction of sp³-hybridized carbons (Fsp3) is 0.214. The second kappa shape index (κ2) is 9.86. The van der Waals surface area contributed by atoms with E-state index in [2.05, 4.69) is 11.6 Å². The smallest absolute Gasteiger partial charge is 0.350 e. The van der Waals surface area contributed by atoms with Crippen LogP contribution in [0.15, 0.2) is 60.7 Å². The number of aliphatic hydroxyl groups is 1. The molecule has 0 saturated carbocycles. The van der Waals surface area contributed by atoms with Crippen molar-refractivity contribution in [2.24, 2.45) is 0 Å². The van der Waals surface area contributed by atoms with E-state index in [1.54, 1.807) is 31.2 Å². The Morgan fingerprint density at radius 2 is 2.08 bits per heavy atom. The number of fused-ring (bicyclic) bond motifs is 1. The molecule has 0 unspecified atom stereocenters. The highest BCUT2D eigenvalue weighted by molar-refractivity contribution is 7.17. The highest BCUT2D eigenvalue weighted by Crippen LogP contribution is 2.45. The number of hydrogen-bond donors (Lipinski definition) is 1. The van der Waals surface area contributed by atoms with Crippen LogP contribution in [-0.4, -0.2) is 40.5 Å². The molecule has 3 aromatic rings. The summed E-state index contributed by atoms with van der Waals surface area (Å²) in [5, 5.41) is 11.4. The van der Waals surface area contributed by atoms with Crippen molar-refractivity contribution in [2.75, 3.05) is 11.5 Å². The zero-order valence-corrected chi connectivity index (χ0v) is 21.4. The summed E-state index contributed by atoms with van der Waals surface area (Å²) in [7, 11) is 0. The predicted molar refractivity (Wildman–Crippen MR) is 139 cm³/mol. The molecule has 3 heterocycles. The van der Waals surface area contributed by atoms with Crippen LogP contribution in [0.1, 0.15) is 45.0 Å². The molecule has 2 aromatic carbocycles. The number of halogens is 1.